The van der Waals surface area contributed by atoms with E-state index in [1.807, 2.05) is 6.92 Å². The van der Waals surface area contributed by atoms with Gasteiger partial charge in [0.2, 0.25) is 5.91 Å². The monoisotopic (exact) mass is 380 g/mol. The average Bonchev–Trinajstić information content (AvgIpc) is 2.81. The smallest absolute Gasteiger partial charge is 0.341 e. The molecule has 1 aromatic heterocycles. The predicted octanol–water partition coefficient (Wildman–Crippen LogP) is 3.77. The number of hydrogen-bond acceptors (Lipinski definition) is 5. The van der Waals surface area contributed by atoms with Gasteiger partial charge in [-0.3, -0.25) is 9.59 Å². The molecule has 0 spiro atoms. The molecule has 2 amide bonds. The maximum Gasteiger partial charge on any atom is 0.341 e. The van der Waals surface area contributed by atoms with E-state index in [0.717, 1.165) is 10.4 Å². The van der Waals surface area contributed by atoms with Crippen molar-refractivity contribution in [3.63, 3.8) is 0 Å². The van der Waals surface area contributed by atoms with E-state index in [4.69, 9.17) is 16.3 Å². The Morgan fingerprint density at radius 2 is 1.76 bits per heavy atom. The van der Waals surface area contributed by atoms with Crippen molar-refractivity contribution in [2.75, 3.05) is 17.2 Å². The van der Waals surface area contributed by atoms with Crippen LogP contribution >= 0.6 is 22.9 Å². The number of nitrogens with one attached hydrogen (secondary N) is 2. The number of carbonyl (C=O) groups is 3. The molecule has 0 saturated carbocycles. The molecule has 0 atom stereocenters. The van der Waals surface area contributed by atoms with Gasteiger partial charge in [-0.05, 0) is 43.7 Å². The maximum absolute atomic E-state index is 12.3. The normalized spacial score (nSPS) is 10.2. The lowest BCUT2D eigenvalue weighted by Gasteiger charge is -2.08. The van der Waals surface area contributed by atoms with Crippen LogP contribution in [0.4, 0.5) is 10.7 Å². The quantitative estimate of drug-likeness (QED) is 0.773. The second-order valence-electron chi connectivity index (χ2n) is 5.30. The number of esters is 1. The summed E-state index contributed by atoms with van der Waals surface area (Å²) in [6.07, 6.45) is 0. The third-order valence-corrected chi connectivity index (χ3v) is 4.72. The third kappa shape index (κ3) is 5.04. The molecule has 0 fully saturated rings. The Kier molecular flexibility index (Phi) is 6.17. The summed E-state index contributed by atoms with van der Waals surface area (Å²) in [6, 6.07) is 6.56. The lowest BCUT2D eigenvalue weighted by atomic mass is 10.1. The molecular weight excluding hydrogens is 364 g/mol. The summed E-state index contributed by atoms with van der Waals surface area (Å²) in [5.41, 5.74) is 1.54. The van der Waals surface area contributed by atoms with Gasteiger partial charge in [-0.2, -0.15) is 0 Å². The van der Waals surface area contributed by atoms with Crippen LogP contribution < -0.4 is 10.6 Å². The second-order valence-corrected chi connectivity index (χ2v) is 6.96. The summed E-state index contributed by atoms with van der Waals surface area (Å²) >= 11 is 7.07. The van der Waals surface area contributed by atoms with Gasteiger partial charge in [0.1, 0.15) is 5.00 Å². The molecular formula is C17H17ClN2O4S. The topological polar surface area (TPSA) is 84.5 Å². The number of aryl methyl sites for hydroxylation is 1. The number of ether oxygens (including phenoxy) is 1. The molecule has 0 bridgehead atoms. The van der Waals surface area contributed by atoms with Gasteiger partial charge in [0, 0.05) is 22.5 Å². The Balaban J connectivity index is 2.01. The summed E-state index contributed by atoms with van der Waals surface area (Å²) in [4.78, 5) is 36.4. The van der Waals surface area contributed by atoms with E-state index in [0.29, 0.717) is 15.7 Å². The molecule has 2 aromatic rings. The zero-order chi connectivity index (χ0) is 18.6. The van der Waals surface area contributed by atoms with E-state index in [2.05, 4.69) is 10.6 Å². The SMILES string of the molecule is CC(=O)Nc1sc(C)c(C)c1C(=O)OCC(=O)Nc1ccc(Cl)cc1. The summed E-state index contributed by atoms with van der Waals surface area (Å²) in [7, 11) is 0. The highest BCUT2D eigenvalue weighted by molar-refractivity contribution is 7.16. The first kappa shape index (κ1) is 19.0. The number of halogens is 1. The molecule has 132 valence electrons. The molecule has 8 heteroatoms. The maximum atomic E-state index is 12.3. The van der Waals surface area contributed by atoms with Crippen molar-refractivity contribution in [1.29, 1.82) is 0 Å². The molecule has 6 nitrogen and oxygen atoms in total. The number of anilines is 2. The molecule has 0 aliphatic rings. The number of benzene rings is 1. The largest absolute Gasteiger partial charge is 0.452 e. The summed E-state index contributed by atoms with van der Waals surface area (Å²) < 4.78 is 5.08. The highest BCUT2D eigenvalue weighted by atomic mass is 35.5. The van der Waals surface area contributed by atoms with Crippen molar-refractivity contribution < 1.29 is 19.1 Å². The highest BCUT2D eigenvalue weighted by Crippen LogP contribution is 2.32. The van der Waals surface area contributed by atoms with E-state index < -0.39 is 18.5 Å². The zero-order valence-corrected chi connectivity index (χ0v) is 15.5. The Hall–Kier alpha value is -2.38. The lowest BCUT2D eigenvalue weighted by Crippen LogP contribution is -2.21. The standard InChI is InChI=1S/C17H17ClN2O4S/c1-9-10(2)25-16(19-11(3)21)15(9)17(23)24-8-14(22)20-13-6-4-12(18)5-7-13/h4-7H,8H2,1-3H3,(H,19,21)(H,20,22). The van der Waals surface area contributed by atoms with Crippen LogP contribution in [-0.2, 0) is 14.3 Å². The first-order valence-electron chi connectivity index (χ1n) is 7.38. The summed E-state index contributed by atoms with van der Waals surface area (Å²) in [5, 5.41) is 6.19. The van der Waals surface area contributed by atoms with Crippen LogP contribution in [0.3, 0.4) is 0 Å². The number of thiophene rings is 1. The summed E-state index contributed by atoms with van der Waals surface area (Å²) in [6.45, 7) is 4.53. The zero-order valence-electron chi connectivity index (χ0n) is 13.9. The van der Waals surface area contributed by atoms with E-state index in [9.17, 15) is 14.4 Å². The Bertz CT molecular complexity index is 815. The molecule has 1 aromatic carbocycles. The van der Waals surface area contributed by atoms with Crippen LogP contribution in [0.1, 0.15) is 27.7 Å². The number of amides is 2. The third-order valence-electron chi connectivity index (χ3n) is 3.34. The molecule has 0 aliphatic heterocycles. The van der Waals surface area contributed by atoms with Crippen LogP contribution in [-0.4, -0.2) is 24.4 Å². The van der Waals surface area contributed by atoms with Crippen LogP contribution in [0.2, 0.25) is 5.02 Å². The van der Waals surface area contributed by atoms with Gasteiger partial charge in [-0.1, -0.05) is 11.6 Å². The summed E-state index contributed by atoms with van der Waals surface area (Å²) in [5.74, 6) is -1.41. The predicted molar refractivity (Wildman–Crippen MR) is 98.5 cm³/mol. The number of rotatable bonds is 5. The van der Waals surface area contributed by atoms with Gasteiger partial charge in [-0.15, -0.1) is 11.3 Å². The van der Waals surface area contributed by atoms with Crippen molar-refractivity contribution in [1.82, 2.24) is 0 Å². The van der Waals surface area contributed by atoms with Crippen molar-refractivity contribution in [3.05, 3.63) is 45.3 Å². The number of hydrogen-bond donors (Lipinski definition) is 2. The molecule has 0 unspecified atom stereocenters. The fourth-order valence-electron chi connectivity index (χ4n) is 2.05. The van der Waals surface area contributed by atoms with E-state index >= 15 is 0 Å². The fraction of sp³-hybridized carbons (Fsp3) is 0.235. The Labute approximate surface area is 154 Å². The van der Waals surface area contributed by atoms with Crippen LogP contribution in [0, 0.1) is 13.8 Å². The van der Waals surface area contributed by atoms with E-state index in [1.54, 1.807) is 31.2 Å². The first-order valence-corrected chi connectivity index (χ1v) is 8.57. The Morgan fingerprint density at radius 3 is 2.36 bits per heavy atom. The minimum absolute atomic E-state index is 0.275. The van der Waals surface area contributed by atoms with Gasteiger partial charge in [-0.25, -0.2) is 4.79 Å². The van der Waals surface area contributed by atoms with Crippen LogP contribution in [0.25, 0.3) is 0 Å². The molecule has 2 N–H and O–H groups in total. The van der Waals surface area contributed by atoms with Gasteiger partial charge in [0.05, 0.1) is 5.56 Å². The van der Waals surface area contributed by atoms with Crippen LogP contribution in [0.5, 0.6) is 0 Å². The molecule has 25 heavy (non-hydrogen) atoms. The fourth-order valence-corrected chi connectivity index (χ4v) is 3.27. The van der Waals surface area contributed by atoms with E-state index in [-0.39, 0.29) is 11.5 Å². The van der Waals surface area contributed by atoms with E-state index in [1.165, 1.54) is 18.3 Å². The molecule has 0 radical (unpaired) electrons. The van der Waals surface area contributed by atoms with Gasteiger partial charge >= 0.3 is 5.97 Å². The first-order chi connectivity index (χ1) is 11.8. The second kappa shape index (κ2) is 8.13. The van der Waals surface area contributed by atoms with Crippen molar-refractivity contribution >= 4 is 51.4 Å². The van der Waals surface area contributed by atoms with Crippen molar-refractivity contribution in [2.45, 2.75) is 20.8 Å². The van der Waals surface area contributed by atoms with Crippen molar-refractivity contribution in [3.8, 4) is 0 Å². The molecule has 2 rings (SSSR count). The van der Waals surface area contributed by atoms with Crippen molar-refractivity contribution in [2.24, 2.45) is 0 Å². The van der Waals surface area contributed by atoms with Gasteiger partial charge in [0.15, 0.2) is 6.61 Å². The minimum atomic E-state index is -0.656. The average molecular weight is 381 g/mol. The molecule has 0 aliphatic carbocycles. The Morgan fingerprint density at radius 1 is 1.12 bits per heavy atom. The minimum Gasteiger partial charge on any atom is -0.452 e. The highest BCUT2D eigenvalue weighted by Gasteiger charge is 2.22. The molecule has 1 heterocycles. The van der Waals surface area contributed by atoms with Gasteiger partial charge in [0.25, 0.3) is 5.91 Å². The number of carbonyl (C=O) groups excluding carboxylic acids is 3. The van der Waals surface area contributed by atoms with Crippen LogP contribution in [0.15, 0.2) is 24.3 Å². The lowest BCUT2D eigenvalue weighted by molar-refractivity contribution is -0.119. The van der Waals surface area contributed by atoms with Gasteiger partial charge < -0.3 is 15.4 Å². The molecule has 0 saturated heterocycles.